The number of ether oxygens (including phenoxy) is 2. The summed E-state index contributed by atoms with van der Waals surface area (Å²) < 4.78 is 13.7. The third-order valence-electron chi connectivity index (χ3n) is 7.07. The van der Waals surface area contributed by atoms with E-state index in [-0.39, 0.29) is 23.5 Å². The van der Waals surface area contributed by atoms with E-state index < -0.39 is 0 Å². The molecule has 4 unspecified atom stereocenters. The Morgan fingerprint density at radius 2 is 1.97 bits per heavy atom. The van der Waals surface area contributed by atoms with Crippen molar-refractivity contribution in [1.82, 2.24) is 24.9 Å². The summed E-state index contributed by atoms with van der Waals surface area (Å²) in [6, 6.07) is 11.3. The quantitative estimate of drug-likeness (QED) is 0.658. The molecule has 8 nitrogen and oxygen atoms in total. The summed E-state index contributed by atoms with van der Waals surface area (Å²) in [5, 5.41) is 23.5. The van der Waals surface area contributed by atoms with Crippen molar-refractivity contribution in [2.24, 2.45) is 0 Å². The standard InChI is InChI=1S/C24H29N5O3/c1-15-9-10-29(27-15)16-5-6-18(21(30)11-16)19-7-8-23(26-25-19)32-17-12-20-22(31-4)14-24(2,13-17)28(20)3/h5-11,17,20,22,30H,12-14H2,1-4H3. The Balaban J connectivity index is 1.30. The van der Waals surface area contributed by atoms with Gasteiger partial charge in [-0.05, 0) is 51.6 Å². The first-order valence-corrected chi connectivity index (χ1v) is 11.0. The van der Waals surface area contributed by atoms with Crippen LogP contribution in [-0.2, 0) is 4.74 Å². The molecule has 2 aliphatic heterocycles. The van der Waals surface area contributed by atoms with Crippen LogP contribution in [0.5, 0.6) is 11.6 Å². The van der Waals surface area contributed by atoms with E-state index in [1.807, 2.05) is 43.5 Å². The Labute approximate surface area is 187 Å². The van der Waals surface area contributed by atoms with Gasteiger partial charge in [0, 0.05) is 55.4 Å². The predicted molar refractivity (Wildman–Crippen MR) is 120 cm³/mol. The van der Waals surface area contributed by atoms with Crippen LogP contribution in [0, 0.1) is 6.92 Å². The highest BCUT2D eigenvalue weighted by Crippen LogP contribution is 2.44. The molecule has 32 heavy (non-hydrogen) atoms. The third-order valence-corrected chi connectivity index (χ3v) is 7.07. The van der Waals surface area contributed by atoms with Crippen molar-refractivity contribution in [1.29, 1.82) is 0 Å². The van der Waals surface area contributed by atoms with Gasteiger partial charge in [0.1, 0.15) is 11.9 Å². The number of aromatic hydroxyl groups is 1. The fraction of sp³-hybridized carbons (Fsp3) is 0.458. The van der Waals surface area contributed by atoms with Crippen molar-refractivity contribution in [3.8, 4) is 28.6 Å². The summed E-state index contributed by atoms with van der Waals surface area (Å²) in [5.74, 6) is 0.632. The Bertz CT molecular complexity index is 1120. The molecule has 168 valence electrons. The second-order valence-electron chi connectivity index (χ2n) is 9.19. The molecule has 2 aromatic heterocycles. The molecular weight excluding hydrogens is 406 g/mol. The Morgan fingerprint density at radius 3 is 2.62 bits per heavy atom. The molecule has 0 aliphatic carbocycles. The Morgan fingerprint density at radius 1 is 1.12 bits per heavy atom. The third kappa shape index (κ3) is 3.63. The van der Waals surface area contributed by atoms with Crippen LogP contribution in [0.25, 0.3) is 16.9 Å². The minimum absolute atomic E-state index is 0.0717. The summed E-state index contributed by atoms with van der Waals surface area (Å²) in [7, 11) is 3.97. The summed E-state index contributed by atoms with van der Waals surface area (Å²) >= 11 is 0. The van der Waals surface area contributed by atoms with Crippen LogP contribution in [0.15, 0.2) is 42.6 Å². The van der Waals surface area contributed by atoms with Crippen LogP contribution in [0.4, 0.5) is 0 Å². The second-order valence-corrected chi connectivity index (χ2v) is 9.19. The van der Waals surface area contributed by atoms with Crippen LogP contribution in [0.2, 0.25) is 0 Å². The number of hydrogen-bond donors (Lipinski definition) is 1. The predicted octanol–water partition coefficient (Wildman–Crippen LogP) is 3.36. The number of rotatable bonds is 5. The van der Waals surface area contributed by atoms with E-state index in [2.05, 4.69) is 34.2 Å². The van der Waals surface area contributed by atoms with E-state index in [0.717, 1.165) is 30.6 Å². The molecular formula is C24H29N5O3. The Hall–Kier alpha value is -2.97. The van der Waals surface area contributed by atoms with E-state index in [4.69, 9.17) is 9.47 Å². The highest BCUT2D eigenvalue weighted by atomic mass is 16.5. The molecule has 0 spiro atoms. The lowest BCUT2D eigenvalue weighted by Gasteiger charge is -2.43. The number of likely N-dealkylation sites (N-methyl/N-ethyl adjacent to an activating group) is 1. The number of phenolic OH excluding ortho intramolecular Hbond substituents is 1. The molecule has 1 N–H and O–H groups in total. The molecule has 0 saturated carbocycles. The van der Waals surface area contributed by atoms with Gasteiger partial charge in [0.15, 0.2) is 0 Å². The van der Waals surface area contributed by atoms with Crippen molar-refractivity contribution in [3.05, 3.63) is 48.3 Å². The molecule has 2 saturated heterocycles. The lowest BCUT2D eigenvalue weighted by atomic mass is 9.89. The van der Waals surface area contributed by atoms with E-state index >= 15 is 0 Å². The summed E-state index contributed by atoms with van der Waals surface area (Å²) in [6.07, 6.45) is 5.03. The molecule has 2 fully saturated rings. The number of fused-ring (bicyclic) bond motifs is 2. The minimum atomic E-state index is 0.0717. The summed E-state index contributed by atoms with van der Waals surface area (Å²) in [5.41, 5.74) is 2.98. The molecule has 5 rings (SSSR count). The van der Waals surface area contributed by atoms with E-state index in [1.165, 1.54) is 0 Å². The number of piperidine rings is 1. The number of aromatic nitrogens is 4. The van der Waals surface area contributed by atoms with Gasteiger partial charge in [-0.15, -0.1) is 10.2 Å². The van der Waals surface area contributed by atoms with E-state index in [9.17, 15) is 5.11 Å². The fourth-order valence-electron chi connectivity index (χ4n) is 5.21. The molecule has 4 atom stereocenters. The van der Waals surface area contributed by atoms with Gasteiger partial charge in [0.25, 0.3) is 0 Å². The maximum absolute atomic E-state index is 10.6. The highest BCUT2D eigenvalue weighted by molar-refractivity contribution is 5.68. The first-order valence-electron chi connectivity index (χ1n) is 11.0. The summed E-state index contributed by atoms with van der Waals surface area (Å²) in [6.45, 7) is 4.21. The number of nitrogens with zero attached hydrogens (tertiary/aromatic N) is 5. The zero-order chi connectivity index (χ0) is 22.5. The van der Waals surface area contributed by atoms with Crippen LogP contribution in [0.1, 0.15) is 31.9 Å². The van der Waals surface area contributed by atoms with Crippen LogP contribution in [0.3, 0.4) is 0 Å². The Kier molecular flexibility index (Phi) is 5.14. The smallest absolute Gasteiger partial charge is 0.233 e. The topological polar surface area (TPSA) is 85.5 Å². The fourth-order valence-corrected chi connectivity index (χ4v) is 5.21. The normalized spacial score (nSPS) is 27.6. The monoisotopic (exact) mass is 435 g/mol. The molecule has 0 amide bonds. The number of aryl methyl sites for hydroxylation is 1. The highest BCUT2D eigenvalue weighted by Gasteiger charge is 2.53. The van der Waals surface area contributed by atoms with Gasteiger partial charge in [0.05, 0.1) is 23.2 Å². The summed E-state index contributed by atoms with van der Waals surface area (Å²) in [4.78, 5) is 2.44. The van der Waals surface area contributed by atoms with Gasteiger partial charge >= 0.3 is 0 Å². The van der Waals surface area contributed by atoms with Crippen LogP contribution < -0.4 is 4.74 Å². The van der Waals surface area contributed by atoms with Gasteiger partial charge in [-0.3, -0.25) is 4.90 Å². The number of benzene rings is 1. The van der Waals surface area contributed by atoms with Crippen molar-refractivity contribution >= 4 is 0 Å². The zero-order valence-corrected chi connectivity index (χ0v) is 18.9. The SMILES string of the molecule is COC1CC2(C)CC(Oc3ccc(-c4ccc(-n5ccc(C)n5)cc4O)nn3)CC1N2C. The molecule has 8 heteroatoms. The number of phenols is 1. The second kappa shape index (κ2) is 7.86. The molecule has 0 radical (unpaired) electrons. The van der Waals surface area contributed by atoms with Gasteiger partial charge in [-0.2, -0.15) is 5.10 Å². The van der Waals surface area contributed by atoms with Crippen LogP contribution >= 0.6 is 0 Å². The lowest BCUT2D eigenvalue weighted by molar-refractivity contribution is -0.00277. The maximum atomic E-state index is 10.6. The maximum Gasteiger partial charge on any atom is 0.233 e. The molecule has 3 aromatic rings. The minimum Gasteiger partial charge on any atom is -0.507 e. The number of methoxy groups -OCH3 is 1. The van der Waals surface area contributed by atoms with Crippen molar-refractivity contribution < 1.29 is 14.6 Å². The molecule has 1 aromatic carbocycles. The van der Waals surface area contributed by atoms with Gasteiger partial charge in [-0.25, -0.2) is 4.68 Å². The number of hydrogen-bond acceptors (Lipinski definition) is 7. The lowest BCUT2D eigenvalue weighted by Crippen LogP contribution is -2.52. The molecule has 4 heterocycles. The average Bonchev–Trinajstić information content (AvgIpc) is 3.26. The first kappa shape index (κ1) is 20.9. The van der Waals surface area contributed by atoms with Crippen LogP contribution in [-0.4, -0.2) is 67.9 Å². The van der Waals surface area contributed by atoms with E-state index in [0.29, 0.717) is 23.2 Å². The van der Waals surface area contributed by atoms with Crippen molar-refractivity contribution in [3.63, 3.8) is 0 Å². The first-order chi connectivity index (χ1) is 15.4. The zero-order valence-electron chi connectivity index (χ0n) is 18.9. The molecule has 2 bridgehead atoms. The average molecular weight is 436 g/mol. The van der Waals surface area contributed by atoms with Crippen molar-refractivity contribution in [2.45, 2.75) is 56.9 Å². The van der Waals surface area contributed by atoms with E-state index in [1.54, 1.807) is 17.9 Å². The van der Waals surface area contributed by atoms with Crippen molar-refractivity contribution in [2.75, 3.05) is 14.2 Å². The molecule has 2 aliphatic rings. The van der Waals surface area contributed by atoms with Gasteiger partial charge in [-0.1, -0.05) is 0 Å². The largest absolute Gasteiger partial charge is 0.507 e. The van der Waals surface area contributed by atoms with Gasteiger partial charge < -0.3 is 14.6 Å². The van der Waals surface area contributed by atoms with Gasteiger partial charge in [0.2, 0.25) is 5.88 Å².